The van der Waals surface area contributed by atoms with Crippen LogP contribution in [0.1, 0.15) is 34.0 Å². The minimum absolute atomic E-state index is 0.146. The van der Waals surface area contributed by atoms with Gasteiger partial charge < -0.3 is 10.2 Å². The van der Waals surface area contributed by atoms with Crippen LogP contribution in [0.5, 0.6) is 0 Å². The van der Waals surface area contributed by atoms with Gasteiger partial charge in [-0.25, -0.2) is 0 Å². The van der Waals surface area contributed by atoms with Gasteiger partial charge in [0.1, 0.15) is 0 Å². The van der Waals surface area contributed by atoms with E-state index in [1.807, 2.05) is 43.5 Å². The fourth-order valence-corrected chi connectivity index (χ4v) is 3.67. The minimum atomic E-state index is -0.146. The lowest BCUT2D eigenvalue weighted by atomic mass is 10.1. The molecule has 27 heavy (non-hydrogen) atoms. The molecule has 4 rings (SSSR count). The standard InChI is InChI=1S/C23H23N3O/c1-15-8-9-20(10-16(15)2)25-23(27)19-12-21(14-24-13-19)26-17(3)11-18-6-4-5-7-22(18)26/h4-10,12-14,17H,11H2,1-3H3,(H,25,27). The summed E-state index contributed by atoms with van der Waals surface area (Å²) in [5, 5.41) is 2.98. The Morgan fingerprint density at radius 1 is 1.07 bits per heavy atom. The topological polar surface area (TPSA) is 45.2 Å². The Labute approximate surface area is 159 Å². The molecule has 0 fully saturated rings. The fraction of sp³-hybridized carbons (Fsp3) is 0.217. The largest absolute Gasteiger partial charge is 0.337 e. The molecule has 136 valence electrons. The first-order valence-electron chi connectivity index (χ1n) is 9.24. The number of nitrogens with zero attached hydrogens (tertiary/aromatic N) is 2. The molecule has 1 aliphatic rings. The molecule has 1 N–H and O–H groups in total. The Hall–Kier alpha value is -3.14. The molecular formula is C23H23N3O. The maximum atomic E-state index is 12.7. The molecule has 4 nitrogen and oxygen atoms in total. The molecule has 2 aromatic carbocycles. The van der Waals surface area contributed by atoms with Crippen LogP contribution in [0.3, 0.4) is 0 Å². The van der Waals surface area contributed by atoms with Gasteiger partial charge >= 0.3 is 0 Å². The first kappa shape index (κ1) is 17.3. The number of amides is 1. The van der Waals surface area contributed by atoms with Gasteiger partial charge in [-0.05, 0) is 68.1 Å². The zero-order valence-electron chi connectivity index (χ0n) is 15.9. The van der Waals surface area contributed by atoms with Gasteiger partial charge in [0.05, 0.1) is 17.4 Å². The van der Waals surface area contributed by atoms with Crippen molar-refractivity contribution in [2.24, 2.45) is 0 Å². The number of carbonyl (C=O) groups excluding carboxylic acids is 1. The normalized spacial score (nSPS) is 15.5. The van der Waals surface area contributed by atoms with E-state index in [0.717, 1.165) is 23.4 Å². The summed E-state index contributed by atoms with van der Waals surface area (Å²) in [5.74, 6) is -0.146. The number of para-hydroxylation sites is 1. The van der Waals surface area contributed by atoms with E-state index < -0.39 is 0 Å². The Bertz CT molecular complexity index is 1010. The number of pyridine rings is 1. The van der Waals surface area contributed by atoms with E-state index in [1.54, 1.807) is 6.20 Å². The van der Waals surface area contributed by atoms with E-state index in [9.17, 15) is 4.79 Å². The first-order valence-corrected chi connectivity index (χ1v) is 9.24. The predicted molar refractivity (Wildman–Crippen MR) is 110 cm³/mol. The molecule has 0 bridgehead atoms. The number of aromatic nitrogens is 1. The molecule has 1 aliphatic heterocycles. The number of hydrogen-bond acceptors (Lipinski definition) is 3. The van der Waals surface area contributed by atoms with E-state index in [1.165, 1.54) is 16.8 Å². The SMILES string of the molecule is Cc1ccc(NC(=O)c2cncc(N3c4ccccc4CC3C)c2)cc1C. The molecule has 0 aliphatic carbocycles. The van der Waals surface area contributed by atoms with Crippen LogP contribution in [-0.2, 0) is 6.42 Å². The molecule has 1 aromatic heterocycles. The molecule has 1 unspecified atom stereocenters. The van der Waals surface area contributed by atoms with E-state index in [0.29, 0.717) is 11.6 Å². The maximum absolute atomic E-state index is 12.7. The number of fused-ring (bicyclic) bond motifs is 1. The van der Waals surface area contributed by atoms with E-state index in [4.69, 9.17) is 0 Å². The second-order valence-electron chi connectivity index (χ2n) is 7.24. The smallest absolute Gasteiger partial charge is 0.257 e. The summed E-state index contributed by atoms with van der Waals surface area (Å²) in [6.07, 6.45) is 4.44. The van der Waals surface area contributed by atoms with Crippen molar-refractivity contribution >= 4 is 23.0 Å². The minimum Gasteiger partial charge on any atom is -0.337 e. The zero-order valence-corrected chi connectivity index (χ0v) is 15.9. The van der Waals surface area contributed by atoms with Gasteiger partial charge in [0, 0.05) is 23.6 Å². The number of nitrogens with one attached hydrogen (secondary N) is 1. The van der Waals surface area contributed by atoms with E-state index in [-0.39, 0.29) is 5.91 Å². The van der Waals surface area contributed by atoms with Crippen molar-refractivity contribution in [1.29, 1.82) is 0 Å². The number of rotatable bonds is 3. The van der Waals surface area contributed by atoms with Crippen molar-refractivity contribution in [3.05, 3.63) is 83.2 Å². The summed E-state index contributed by atoms with van der Waals surface area (Å²) in [6.45, 7) is 6.30. The average Bonchev–Trinajstić information content (AvgIpc) is 3.00. The highest BCUT2D eigenvalue weighted by Crippen LogP contribution is 2.37. The number of benzene rings is 2. The van der Waals surface area contributed by atoms with Crippen molar-refractivity contribution in [1.82, 2.24) is 4.98 Å². The number of carbonyl (C=O) groups is 1. The number of hydrogen-bond donors (Lipinski definition) is 1. The van der Waals surface area contributed by atoms with Crippen molar-refractivity contribution in [2.75, 3.05) is 10.2 Å². The van der Waals surface area contributed by atoms with Gasteiger partial charge in [0.25, 0.3) is 5.91 Å². The molecule has 0 radical (unpaired) electrons. The van der Waals surface area contributed by atoms with Crippen LogP contribution in [0.2, 0.25) is 0 Å². The lowest BCUT2D eigenvalue weighted by molar-refractivity contribution is 0.102. The molecule has 1 amide bonds. The van der Waals surface area contributed by atoms with Gasteiger partial charge in [-0.2, -0.15) is 0 Å². The highest BCUT2D eigenvalue weighted by atomic mass is 16.1. The first-order chi connectivity index (χ1) is 13.0. The second-order valence-corrected chi connectivity index (χ2v) is 7.24. The maximum Gasteiger partial charge on any atom is 0.257 e. The number of aryl methyl sites for hydroxylation is 2. The molecule has 0 saturated carbocycles. The van der Waals surface area contributed by atoms with Crippen molar-refractivity contribution in [3.63, 3.8) is 0 Å². The summed E-state index contributed by atoms with van der Waals surface area (Å²) in [7, 11) is 0. The van der Waals surface area contributed by atoms with Crippen LogP contribution in [0.25, 0.3) is 0 Å². The highest BCUT2D eigenvalue weighted by molar-refractivity contribution is 6.04. The zero-order chi connectivity index (χ0) is 19.0. The Balaban J connectivity index is 1.61. The molecule has 3 aromatic rings. The quantitative estimate of drug-likeness (QED) is 0.715. The van der Waals surface area contributed by atoms with Crippen molar-refractivity contribution < 1.29 is 4.79 Å². The third-order valence-electron chi connectivity index (χ3n) is 5.24. The molecule has 2 heterocycles. The third kappa shape index (κ3) is 3.31. The van der Waals surface area contributed by atoms with Crippen LogP contribution in [0.15, 0.2) is 60.9 Å². The third-order valence-corrected chi connectivity index (χ3v) is 5.24. The summed E-state index contributed by atoms with van der Waals surface area (Å²) in [5.41, 5.74) is 7.19. The molecule has 4 heteroatoms. The lowest BCUT2D eigenvalue weighted by Crippen LogP contribution is -2.24. The van der Waals surface area contributed by atoms with Crippen LogP contribution in [0.4, 0.5) is 17.1 Å². The molecular weight excluding hydrogens is 334 g/mol. The van der Waals surface area contributed by atoms with Crippen LogP contribution in [0, 0.1) is 13.8 Å². The Morgan fingerprint density at radius 2 is 1.89 bits per heavy atom. The van der Waals surface area contributed by atoms with Crippen molar-refractivity contribution in [2.45, 2.75) is 33.2 Å². The Morgan fingerprint density at radius 3 is 2.70 bits per heavy atom. The highest BCUT2D eigenvalue weighted by Gasteiger charge is 2.27. The second kappa shape index (κ2) is 6.88. The fourth-order valence-electron chi connectivity index (χ4n) is 3.67. The lowest BCUT2D eigenvalue weighted by Gasteiger charge is -2.25. The van der Waals surface area contributed by atoms with E-state index >= 15 is 0 Å². The van der Waals surface area contributed by atoms with Gasteiger partial charge in [0.15, 0.2) is 0 Å². The van der Waals surface area contributed by atoms with Gasteiger partial charge in [-0.1, -0.05) is 24.3 Å². The molecule has 0 saturated heterocycles. The summed E-state index contributed by atoms with van der Waals surface area (Å²) in [4.78, 5) is 19.3. The van der Waals surface area contributed by atoms with E-state index in [2.05, 4.69) is 47.2 Å². The van der Waals surface area contributed by atoms with Gasteiger partial charge in [-0.15, -0.1) is 0 Å². The van der Waals surface area contributed by atoms with Crippen LogP contribution >= 0.6 is 0 Å². The molecule has 1 atom stereocenters. The monoisotopic (exact) mass is 357 g/mol. The van der Waals surface area contributed by atoms with Gasteiger partial charge in [0.2, 0.25) is 0 Å². The number of anilines is 3. The molecule has 0 spiro atoms. The Kier molecular flexibility index (Phi) is 4.40. The van der Waals surface area contributed by atoms with Gasteiger partial charge in [-0.3, -0.25) is 9.78 Å². The predicted octanol–water partition coefficient (Wildman–Crippen LogP) is 5.03. The summed E-state index contributed by atoms with van der Waals surface area (Å²) >= 11 is 0. The van der Waals surface area contributed by atoms with Crippen LogP contribution < -0.4 is 10.2 Å². The van der Waals surface area contributed by atoms with Crippen molar-refractivity contribution in [3.8, 4) is 0 Å². The average molecular weight is 357 g/mol. The summed E-state index contributed by atoms with van der Waals surface area (Å²) in [6, 6.07) is 16.6. The van der Waals surface area contributed by atoms with Crippen LogP contribution in [-0.4, -0.2) is 16.9 Å². The summed E-state index contributed by atoms with van der Waals surface area (Å²) < 4.78 is 0.